The SMILES string of the molecule is Cc1ccccc1Oc1ccc(/C=C(\C#N)C(=O)O)cc1. The van der Waals surface area contributed by atoms with Gasteiger partial charge in [-0.05, 0) is 42.3 Å². The third kappa shape index (κ3) is 3.71. The zero-order valence-electron chi connectivity index (χ0n) is 11.4. The Morgan fingerprint density at radius 3 is 2.43 bits per heavy atom. The van der Waals surface area contributed by atoms with Gasteiger partial charge >= 0.3 is 5.97 Å². The number of carboxylic acid groups (broad SMARTS) is 1. The summed E-state index contributed by atoms with van der Waals surface area (Å²) in [6, 6.07) is 16.2. The van der Waals surface area contributed by atoms with E-state index < -0.39 is 5.97 Å². The van der Waals surface area contributed by atoms with Crippen molar-refractivity contribution in [2.24, 2.45) is 0 Å². The Bertz CT molecular complexity index is 724. The van der Waals surface area contributed by atoms with Crippen LogP contribution in [0.1, 0.15) is 11.1 Å². The molecule has 0 unspecified atom stereocenters. The van der Waals surface area contributed by atoms with E-state index in [9.17, 15) is 4.79 Å². The van der Waals surface area contributed by atoms with Gasteiger partial charge in [0.05, 0.1) is 0 Å². The molecule has 4 heteroatoms. The van der Waals surface area contributed by atoms with Gasteiger partial charge in [-0.2, -0.15) is 5.26 Å². The van der Waals surface area contributed by atoms with E-state index in [2.05, 4.69) is 0 Å². The van der Waals surface area contributed by atoms with E-state index in [1.807, 2.05) is 31.2 Å². The van der Waals surface area contributed by atoms with Crippen molar-refractivity contribution in [1.82, 2.24) is 0 Å². The summed E-state index contributed by atoms with van der Waals surface area (Å²) in [7, 11) is 0. The minimum atomic E-state index is -1.24. The summed E-state index contributed by atoms with van der Waals surface area (Å²) in [5.74, 6) is 0.178. The third-order valence-electron chi connectivity index (χ3n) is 2.86. The highest BCUT2D eigenvalue weighted by molar-refractivity contribution is 5.96. The van der Waals surface area contributed by atoms with Crippen molar-refractivity contribution in [3.05, 3.63) is 65.2 Å². The van der Waals surface area contributed by atoms with Crippen LogP contribution in [0.2, 0.25) is 0 Å². The highest BCUT2D eigenvalue weighted by Crippen LogP contribution is 2.25. The lowest BCUT2D eigenvalue weighted by Crippen LogP contribution is -1.97. The molecule has 0 saturated carbocycles. The zero-order chi connectivity index (χ0) is 15.2. The molecule has 2 rings (SSSR count). The number of hydrogen-bond acceptors (Lipinski definition) is 3. The molecule has 104 valence electrons. The Morgan fingerprint density at radius 1 is 1.19 bits per heavy atom. The number of benzene rings is 2. The van der Waals surface area contributed by atoms with E-state index in [-0.39, 0.29) is 5.57 Å². The largest absolute Gasteiger partial charge is 0.477 e. The first-order valence-corrected chi connectivity index (χ1v) is 6.29. The van der Waals surface area contributed by atoms with Gasteiger partial charge in [0.25, 0.3) is 0 Å². The van der Waals surface area contributed by atoms with Gasteiger partial charge in [-0.1, -0.05) is 30.3 Å². The maximum absolute atomic E-state index is 10.8. The van der Waals surface area contributed by atoms with Gasteiger partial charge < -0.3 is 9.84 Å². The summed E-state index contributed by atoms with van der Waals surface area (Å²) in [5, 5.41) is 17.5. The van der Waals surface area contributed by atoms with E-state index in [0.717, 1.165) is 11.3 Å². The number of para-hydroxylation sites is 1. The van der Waals surface area contributed by atoms with Gasteiger partial charge in [0.15, 0.2) is 0 Å². The summed E-state index contributed by atoms with van der Waals surface area (Å²) in [6.45, 7) is 1.96. The molecule has 0 aliphatic rings. The molecule has 0 bridgehead atoms. The summed E-state index contributed by atoms with van der Waals surface area (Å²) in [6.07, 6.45) is 1.32. The van der Waals surface area contributed by atoms with Crippen molar-refractivity contribution in [3.8, 4) is 17.6 Å². The number of nitriles is 1. The minimum Gasteiger partial charge on any atom is -0.477 e. The molecule has 2 aromatic carbocycles. The van der Waals surface area contributed by atoms with Crippen LogP contribution >= 0.6 is 0 Å². The van der Waals surface area contributed by atoms with Crippen LogP contribution < -0.4 is 4.74 Å². The standard InChI is InChI=1S/C17H13NO3/c1-12-4-2-3-5-16(12)21-15-8-6-13(7-9-15)10-14(11-18)17(19)20/h2-10H,1H3,(H,19,20)/b14-10+. The van der Waals surface area contributed by atoms with Crippen LogP contribution in [0.4, 0.5) is 0 Å². The van der Waals surface area contributed by atoms with Crippen molar-refractivity contribution in [1.29, 1.82) is 5.26 Å². The van der Waals surface area contributed by atoms with Gasteiger partial charge in [-0.15, -0.1) is 0 Å². The number of carboxylic acids is 1. The Labute approximate surface area is 122 Å². The average molecular weight is 279 g/mol. The quantitative estimate of drug-likeness (QED) is 0.683. The molecule has 0 amide bonds. The van der Waals surface area contributed by atoms with Gasteiger partial charge in [0.1, 0.15) is 23.1 Å². The van der Waals surface area contributed by atoms with Gasteiger partial charge in [0.2, 0.25) is 0 Å². The fourth-order valence-electron chi connectivity index (χ4n) is 1.74. The predicted molar refractivity (Wildman–Crippen MR) is 78.9 cm³/mol. The van der Waals surface area contributed by atoms with Crippen molar-refractivity contribution < 1.29 is 14.6 Å². The molecule has 4 nitrogen and oxygen atoms in total. The number of hydrogen-bond donors (Lipinski definition) is 1. The van der Waals surface area contributed by atoms with Crippen molar-refractivity contribution in [3.63, 3.8) is 0 Å². The van der Waals surface area contributed by atoms with Crippen LogP contribution in [0.25, 0.3) is 6.08 Å². The monoisotopic (exact) mass is 279 g/mol. The van der Waals surface area contributed by atoms with Gasteiger partial charge in [0, 0.05) is 0 Å². The molecule has 2 aromatic rings. The van der Waals surface area contributed by atoms with Crippen molar-refractivity contribution in [2.75, 3.05) is 0 Å². The average Bonchev–Trinajstić information content (AvgIpc) is 2.48. The number of nitrogens with zero attached hydrogens (tertiary/aromatic N) is 1. The number of aryl methyl sites for hydroxylation is 1. The lowest BCUT2D eigenvalue weighted by atomic mass is 10.1. The molecule has 0 atom stereocenters. The number of rotatable bonds is 4. The van der Waals surface area contributed by atoms with E-state index in [0.29, 0.717) is 11.3 Å². The number of ether oxygens (including phenoxy) is 1. The fourth-order valence-corrected chi connectivity index (χ4v) is 1.74. The zero-order valence-corrected chi connectivity index (χ0v) is 11.4. The molecule has 1 N–H and O–H groups in total. The molecule has 0 radical (unpaired) electrons. The summed E-state index contributed by atoms with van der Waals surface area (Å²) in [4.78, 5) is 10.8. The van der Waals surface area contributed by atoms with E-state index in [1.54, 1.807) is 30.3 Å². The topological polar surface area (TPSA) is 70.3 Å². The summed E-state index contributed by atoms with van der Waals surface area (Å²) < 4.78 is 5.74. The predicted octanol–water partition coefficient (Wildman–Crippen LogP) is 3.78. The Hall–Kier alpha value is -3.06. The molecule has 0 saturated heterocycles. The lowest BCUT2D eigenvalue weighted by molar-refractivity contribution is -0.132. The van der Waals surface area contributed by atoms with Gasteiger partial charge in [-0.3, -0.25) is 0 Å². The molecular weight excluding hydrogens is 266 g/mol. The van der Waals surface area contributed by atoms with Crippen LogP contribution in [-0.2, 0) is 4.79 Å². The molecule has 0 spiro atoms. The molecular formula is C17H13NO3. The van der Waals surface area contributed by atoms with Crippen LogP contribution in [0.5, 0.6) is 11.5 Å². The number of aliphatic carboxylic acids is 1. The second-order valence-electron chi connectivity index (χ2n) is 4.41. The van der Waals surface area contributed by atoms with Gasteiger partial charge in [-0.25, -0.2) is 4.79 Å². The maximum atomic E-state index is 10.8. The minimum absolute atomic E-state index is 0.303. The molecule has 0 heterocycles. The van der Waals surface area contributed by atoms with Crippen molar-refractivity contribution in [2.45, 2.75) is 6.92 Å². The lowest BCUT2D eigenvalue weighted by Gasteiger charge is -2.08. The summed E-state index contributed by atoms with van der Waals surface area (Å²) >= 11 is 0. The van der Waals surface area contributed by atoms with Crippen LogP contribution in [-0.4, -0.2) is 11.1 Å². The number of carbonyl (C=O) groups is 1. The van der Waals surface area contributed by atoms with E-state index in [4.69, 9.17) is 15.1 Å². The molecule has 0 aliphatic heterocycles. The fraction of sp³-hybridized carbons (Fsp3) is 0.0588. The Balaban J connectivity index is 2.19. The molecule has 0 aliphatic carbocycles. The first-order chi connectivity index (χ1) is 10.1. The second-order valence-corrected chi connectivity index (χ2v) is 4.41. The normalized spacial score (nSPS) is 10.8. The highest BCUT2D eigenvalue weighted by Gasteiger charge is 2.06. The first-order valence-electron chi connectivity index (χ1n) is 6.29. The molecule has 0 aromatic heterocycles. The van der Waals surface area contributed by atoms with Crippen LogP contribution in [0, 0.1) is 18.3 Å². The Morgan fingerprint density at radius 2 is 1.86 bits per heavy atom. The molecule has 0 fully saturated rings. The van der Waals surface area contributed by atoms with Crippen LogP contribution in [0.15, 0.2) is 54.1 Å². The van der Waals surface area contributed by atoms with Crippen LogP contribution in [0.3, 0.4) is 0 Å². The second kappa shape index (κ2) is 6.40. The summed E-state index contributed by atoms with van der Waals surface area (Å²) in [5.41, 5.74) is 1.35. The molecule has 21 heavy (non-hydrogen) atoms. The third-order valence-corrected chi connectivity index (χ3v) is 2.86. The maximum Gasteiger partial charge on any atom is 0.346 e. The van der Waals surface area contributed by atoms with E-state index >= 15 is 0 Å². The Kier molecular flexibility index (Phi) is 4.37. The first kappa shape index (κ1) is 14.4. The highest BCUT2D eigenvalue weighted by atomic mass is 16.5. The van der Waals surface area contributed by atoms with E-state index in [1.165, 1.54) is 6.08 Å². The smallest absolute Gasteiger partial charge is 0.346 e. The van der Waals surface area contributed by atoms with Crippen molar-refractivity contribution >= 4 is 12.0 Å².